The lowest BCUT2D eigenvalue weighted by molar-refractivity contribution is -0.105. The van der Waals surface area contributed by atoms with Crippen LogP contribution in [0, 0.1) is 0 Å². The van der Waals surface area contributed by atoms with Gasteiger partial charge >= 0.3 is 0 Å². The number of methoxy groups -OCH3 is 2. The van der Waals surface area contributed by atoms with E-state index >= 15 is 0 Å². The van der Waals surface area contributed by atoms with E-state index in [0.29, 0.717) is 17.9 Å². The van der Waals surface area contributed by atoms with E-state index in [1.165, 1.54) is 0 Å². The first-order chi connectivity index (χ1) is 9.78. The van der Waals surface area contributed by atoms with Gasteiger partial charge in [0, 0.05) is 9.79 Å². The largest absolute Gasteiger partial charge is 0.493 e. The fourth-order valence-electron chi connectivity index (χ4n) is 1.75. The van der Waals surface area contributed by atoms with Crippen molar-refractivity contribution in [3.8, 4) is 11.5 Å². The molecule has 0 aromatic heterocycles. The van der Waals surface area contributed by atoms with E-state index in [0.717, 1.165) is 15.5 Å². The van der Waals surface area contributed by atoms with Crippen LogP contribution < -0.4 is 14.8 Å². The molecule has 2 rings (SSSR count). The molecule has 5 heteroatoms. The van der Waals surface area contributed by atoms with Gasteiger partial charge in [0.25, 0.3) is 0 Å². The number of rotatable bonds is 6. The minimum Gasteiger partial charge on any atom is -0.493 e. The van der Waals surface area contributed by atoms with Gasteiger partial charge < -0.3 is 14.8 Å². The van der Waals surface area contributed by atoms with E-state index in [-0.39, 0.29) is 0 Å². The number of para-hydroxylation sites is 1. The highest BCUT2D eigenvalue weighted by molar-refractivity contribution is 7.99. The Bertz CT molecular complexity index is 601. The molecule has 0 bridgehead atoms. The second-order valence-corrected chi connectivity index (χ2v) is 4.99. The van der Waals surface area contributed by atoms with Gasteiger partial charge in [0.05, 0.1) is 19.9 Å². The highest BCUT2D eigenvalue weighted by Crippen LogP contribution is 2.37. The van der Waals surface area contributed by atoms with Gasteiger partial charge in [0.15, 0.2) is 11.5 Å². The number of amides is 1. The predicted octanol–water partition coefficient (Wildman–Crippen LogP) is 3.42. The number of hydrogen-bond donors (Lipinski definition) is 1. The summed E-state index contributed by atoms with van der Waals surface area (Å²) >= 11 is 1.55. The van der Waals surface area contributed by atoms with Crippen molar-refractivity contribution in [2.24, 2.45) is 0 Å². The molecule has 0 aliphatic carbocycles. The van der Waals surface area contributed by atoms with Crippen molar-refractivity contribution < 1.29 is 14.3 Å². The minimum atomic E-state index is 0.675. The number of carbonyl (C=O) groups is 1. The summed E-state index contributed by atoms with van der Waals surface area (Å²) in [7, 11) is 3.21. The van der Waals surface area contributed by atoms with E-state index in [2.05, 4.69) is 5.32 Å². The van der Waals surface area contributed by atoms with Crippen LogP contribution in [0.4, 0.5) is 5.69 Å². The average Bonchev–Trinajstić information content (AvgIpc) is 2.49. The Morgan fingerprint density at radius 2 is 1.80 bits per heavy atom. The molecule has 2 aromatic carbocycles. The van der Waals surface area contributed by atoms with Crippen LogP contribution in [-0.4, -0.2) is 20.6 Å². The van der Waals surface area contributed by atoms with E-state index in [4.69, 9.17) is 9.47 Å². The molecular weight excluding hydrogens is 274 g/mol. The number of nitrogens with one attached hydrogen (secondary N) is 1. The van der Waals surface area contributed by atoms with Crippen molar-refractivity contribution >= 4 is 23.9 Å². The Balaban J connectivity index is 2.28. The van der Waals surface area contributed by atoms with Crippen LogP contribution >= 0.6 is 11.8 Å². The number of benzene rings is 2. The molecule has 104 valence electrons. The summed E-state index contributed by atoms with van der Waals surface area (Å²) in [5, 5.41) is 2.69. The first kappa shape index (κ1) is 14.3. The van der Waals surface area contributed by atoms with E-state index < -0.39 is 0 Å². The normalized spacial score (nSPS) is 9.90. The number of ether oxygens (including phenoxy) is 2. The maximum atomic E-state index is 10.6. The van der Waals surface area contributed by atoms with Crippen LogP contribution in [0.5, 0.6) is 11.5 Å². The first-order valence-corrected chi connectivity index (χ1v) is 6.79. The SMILES string of the molecule is COc1ccc(Sc2ccccc2NC=O)cc1OC. The summed E-state index contributed by atoms with van der Waals surface area (Å²) < 4.78 is 10.5. The molecule has 4 nitrogen and oxygen atoms in total. The zero-order valence-corrected chi connectivity index (χ0v) is 12.1. The van der Waals surface area contributed by atoms with Gasteiger partial charge in [-0.3, -0.25) is 4.79 Å². The second kappa shape index (κ2) is 6.86. The molecule has 0 saturated carbocycles. The minimum absolute atomic E-state index is 0.675. The first-order valence-electron chi connectivity index (χ1n) is 5.97. The molecule has 2 aromatic rings. The fraction of sp³-hybridized carbons (Fsp3) is 0.133. The molecule has 0 unspecified atom stereocenters. The lowest BCUT2D eigenvalue weighted by atomic mass is 10.3. The van der Waals surface area contributed by atoms with Crippen molar-refractivity contribution in [1.29, 1.82) is 0 Å². The van der Waals surface area contributed by atoms with Crippen molar-refractivity contribution in [1.82, 2.24) is 0 Å². The summed E-state index contributed by atoms with van der Waals surface area (Å²) in [6.07, 6.45) is 0.675. The molecule has 0 heterocycles. The van der Waals surface area contributed by atoms with E-state index in [1.807, 2.05) is 42.5 Å². The van der Waals surface area contributed by atoms with Crippen LogP contribution in [-0.2, 0) is 4.79 Å². The third kappa shape index (κ3) is 3.24. The van der Waals surface area contributed by atoms with Crippen LogP contribution in [0.3, 0.4) is 0 Å². The Hall–Kier alpha value is -2.14. The number of anilines is 1. The molecular formula is C15H15NO3S. The predicted molar refractivity (Wildman–Crippen MR) is 79.8 cm³/mol. The lowest BCUT2D eigenvalue weighted by Crippen LogP contribution is -1.95. The van der Waals surface area contributed by atoms with Crippen LogP contribution in [0.25, 0.3) is 0 Å². The summed E-state index contributed by atoms with van der Waals surface area (Å²) in [6.45, 7) is 0. The zero-order chi connectivity index (χ0) is 14.4. The van der Waals surface area contributed by atoms with Crippen LogP contribution in [0.1, 0.15) is 0 Å². The van der Waals surface area contributed by atoms with Crippen LogP contribution in [0.15, 0.2) is 52.3 Å². The van der Waals surface area contributed by atoms with Gasteiger partial charge in [-0.15, -0.1) is 0 Å². The standard InChI is InChI=1S/C15H15NO3S/c1-18-13-8-7-11(9-14(13)19-2)20-15-6-4-3-5-12(15)16-10-17/h3-10H,1-2H3,(H,16,17). The van der Waals surface area contributed by atoms with E-state index in [9.17, 15) is 4.79 Å². The summed E-state index contributed by atoms with van der Waals surface area (Å²) in [6, 6.07) is 13.3. The average molecular weight is 289 g/mol. The Morgan fingerprint density at radius 1 is 1.05 bits per heavy atom. The zero-order valence-electron chi connectivity index (χ0n) is 11.3. The van der Waals surface area contributed by atoms with Crippen molar-refractivity contribution in [2.45, 2.75) is 9.79 Å². The van der Waals surface area contributed by atoms with Gasteiger partial charge in [-0.2, -0.15) is 0 Å². The Labute approximate surface area is 122 Å². The van der Waals surface area contributed by atoms with Gasteiger partial charge in [-0.1, -0.05) is 23.9 Å². The molecule has 0 aliphatic rings. The monoisotopic (exact) mass is 289 g/mol. The molecule has 1 amide bonds. The maximum Gasteiger partial charge on any atom is 0.211 e. The molecule has 0 atom stereocenters. The molecule has 0 radical (unpaired) electrons. The molecule has 20 heavy (non-hydrogen) atoms. The molecule has 0 fully saturated rings. The smallest absolute Gasteiger partial charge is 0.211 e. The molecule has 1 N–H and O–H groups in total. The summed E-state index contributed by atoms with van der Waals surface area (Å²) in [5.74, 6) is 1.37. The van der Waals surface area contributed by atoms with Crippen molar-refractivity contribution in [3.63, 3.8) is 0 Å². The molecule has 0 aliphatic heterocycles. The summed E-state index contributed by atoms with van der Waals surface area (Å²) in [5.41, 5.74) is 0.780. The quantitative estimate of drug-likeness (QED) is 0.828. The number of carbonyl (C=O) groups excluding carboxylic acids is 1. The third-order valence-corrected chi connectivity index (χ3v) is 3.75. The van der Waals surface area contributed by atoms with Gasteiger partial charge in [0.2, 0.25) is 6.41 Å². The van der Waals surface area contributed by atoms with E-state index in [1.54, 1.807) is 26.0 Å². The van der Waals surface area contributed by atoms with Gasteiger partial charge in [-0.05, 0) is 30.3 Å². The fourth-order valence-corrected chi connectivity index (χ4v) is 2.68. The number of hydrogen-bond acceptors (Lipinski definition) is 4. The van der Waals surface area contributed by atoms with Gasteiger partial charge in [-0.25, -0.2) is 0 Å². The highest BCUT2D eigenvalue weighted by Gasteiger charge is 2.08. The molecule has 0 spiro atoms. The third-order valence-electron chi connectivity index (χ3n) is 2.68. The van der Waals surface area contributed by atoms with Gasteiger partial charge in [0.1, 0.15) is 0 Å². The Kier molecular flexibility index (Phi) is 4.90. The highest BCUT2D eigenvalue weighted by atomic mass is 32.2. The van der Waals surface area contributed by atoms with Crippen LogP contribution in [0.2, 0.25) is 0 Å². The topological polar surface area (TPSA) is 47.6 Å². The Morgan fingerprint density at radius 3 is 2.50 bits per heavy atom. The van der Waals surface area contributed by atoms with Crippen molar-refractivity contribution in [3.05, 3.63) is 42.5 Å². The second-order valence-electron chi connectivity index (χ2n) is 3.88. The summed E-state index contributed by atoms with van der Waals surface area (Å²) in [4.78, 5) is 12.6. The van der Waals surface area contributed by atoms with Crippen molar-refractivity contribution in [2.75, 3.05) is 19.5 Å². The lowest BCUT2D eigenvalue weighted by Gasteiger charge is -2.11. The molecule has 0 saturated heterocycles. The maximum absolute atomic E-state index is 10.6.